The summed E-state index contributed by atoms with van der Waals surface area (Å²) in [7, 11) is 6.72. The summed E-state index contributed by atoms with van der Waals surface area (Å²) in [5.41, 5.74) is 5.04. The maximum absolute atomic E-state index is 5.61. The largest absolute Gasteiger partial charge is 0.493 e. The molecule has 0 bridgehead atoms. The fraction of sp³-hybridized carbons (Fsp3) is 0.333. The molecule has 0 saturated carbocycles. The number of hydrogen-bond acceptors (Lipinski definition) is 5. The van der Waals surface area contributed by atoms with E-state index in [0.29, 0.717) is 0 Å². The summed E-state index contributed by atoms with van der Waals surface area (Å²) in [6.45, 7) is 3.94. The smallest absolute Gasteiger partial charge is 0.161 e. The zero-order valence-corrected chi connectivity index (χ0v) is 19.4. The van der Waals surface area contributed by atoms with Crippen LogP contribution in [0.5, 0.6) is 23.0 Å². The SMILES string of the molecule is COc1ccc([C@@H]2[C@@H](C)c3cc(OC)c(OC)cc3CN2Cc2ccccc2)cc1OC. The van der Waals surface area contributed by atoms with Crippen LogP contribution in [-0.4, -0.2) is 33.3 Å². The molecular formula is C27H31NO4. The van der Waals surface area contributed by atoms with Crippen molar-refractivity contribution in [2.75, 3.05) is 28.4 Å². The number of rotatable bonds is 7. The fourth-order valence-electron chi connectivity index (χ4n) is 4.81. The van der Waals surface area contributed by atoms with Crippen LogP contribution in [0.15, 0.2) is 60.7 Å². The van der Waals surface area contributed by atoms with Crippen molar-refractivity contribution in [2.24, 2.45) is 0 Å². The molecule has 0 radical (unpaired) electrons. The van der Waals surface area contributed by atoms with Crippen LogP contribution < -0.4 is 18.9 Å². The molecule has 0 aromatic heterocycles. The molecule has 3 aromatic carbocycles. The first-order valence-electron chi connectivity index (χ1n) is 10.8. The maximum Gasteiger partial charge on any atom is 0.161 e. The molecule has 0 saturated heterocycles. The van der Waals surface area contributed by atoms with Crippen molar-refractivity contribution in [1.29, 1.82) is 0 Å². The van der Waals surface area contributed by atoms with E-state index in [9.17, 15) is 0 Å². The fourth-order valence-corrected chi connectivity index (χ4v) is 4.81. The predicted molar refractivity (Wildman–Crippen MR) is 126 cm³/mol. The minimum absolute atomic E-state index is 0.167. The lowest BCUT2D eigenvalue weighted by molar-refractivity contribution is 0.140. The number of fused-ring (bicyclic) bond motifs is 1. The third-order valence-corrected chi connectivity index (χ3v) is 6.35. The van der Waals surface area contributed by atoms with Crippen LogP contribution >= 0.6 is 0 Å². The number of hydrogen-bond donors (Lipinski definition) is 0. The summed E-state index contributed by atoms with van der Waals surface area (Å²) < 4.78 is 22.3. The van der Waals surface area contributed by atoms with Crippen LogP contribution in [0.25, 0.3) is 0 Å². The third kappa shape index (κ3) is 4.13. The lowest BCUT2D eigenvalue weighted by Gasteiger charge is -2.42. The molecule has 0 N–H and O–H groups in total. The van der Waals surface area contributed by atoms with E-state index < -0.39 is 0 Å². The maximum atomic E-state index is 5.61. The van der Waals surface area contributed by atoms with Gasteiger partial charge in [0.2, 0.25) is 0 Å². The summed E-state index contributed by atoms with van der Waals surface area (Å²) in [5.74, 6) is 3.25. The normalized spacial score (nSPS) is 18.0. The van der Waals surface area contributed by atoms with E-state index >= 15 is 0 Å². The molecule has 0 spiro atoms. The van der Waals surface area contributed by atoms with Crippen LogP contribution in [0.4, 0.5) is 0 Å². The van der Waals surface area contributed by atoms with Gasteiger partial charge in [0.1, 0.15) is 0 Å². The van der Waals surface area contributed by atoms with Crippen LogP contribution in [0.3, 0.4) is 0 Å². The molecule has 0 aliphatic carbocycles. The Labute approximate surface area is 190 Å². The molecule has 1 aliphatic rings. The van der Waals surface area contributed by atoms with Gasteiger partial charge in [-0.05, 0) is 46.5 Å². The van der Waals surface area contributed by atoms with Crippen LogP contribution in [-0.2, 0) is 13.1 Å². The van der Waals surface area contributed by atoms with Crippen molar-refractivity contribution in [3.63, 3.8) is 0 Å². The van der Waals surface area contributed by atoms with E-state index in [4.69, 9.17) is 18.9 Å². The highest BCUT2D eigenvalue weighted by atomic mass is 16.5. The number of methoxy groups -OCH3 is 4. The quantitative estimate of drug-likeness (QED) is 0.486. The van der Waals surface area contributed by atoms with E-state index in [2.05, 4.69) is 66.4 Å². The molecule has 2 atom stereocenters. The lowest BCUT2D eigenvalue weighted by atomic mass is 9.80. The zero-order valence-electron chi connectivity index (χ0n) is 19.4. The van der Waals surface area contributed by atoms with Gasteiger partial charge >= 0.3 is 0 Å². The summed E-state index contributed by atoms with van der Waals surface area (Å²) in [6, 6.07) is 21.3. The molecule has 1 aliphatic heterocycles. The molecular weight excluding hydrogens is 402 g/mol. The van der Waals surface area contributed by atoms with Gasteiger partial charge in [-0.15, -0.1) is 0 Å². The molecule has 3 aromatic rings. The molecule has 1 heterocycles. The van der Waals surface area contributed by atoms with Crippen LogP contribution in [0, 0.1) is 0 Å². The average Bonchev–Trinajstić information content (AvgIpc) is 2.83. The second-order valence-corrected chi connectivity index (χ2v) is 8.14. The second-order valence-electron chi connectivity index (χ2n) is 8.14. The summed E-state index contributed by atoms with van der Waals surface area (Å²) in [6.07, 6.45) is 0. The minimum Gasteiger partial charge on any atom is -0.493 e. The molecule has 168 valence electrons. The Morgan fingerprint density at radius 1 is 0.750 bits per heavy atom. The Balaban J connectivity index is 1.81. The Morgan fingerprint density at radius 2 is 1.38 bits per heavy atom. The number of nitrogens with zero attached hydrogens (tertiary/aromatic N) is 1. The number of ether oxygens (including phenoxy) is 4. The Bertz CT molecular complexity index is 1070. The van der Waals surface area contributed by atoms with E-state index in [1.807, 2.05) is 6.07 Å². The van der Waals surface area contributed by atoms with Gasteiger partial charge in [0.05, 0.1) is 28.4 Å². The highest BCUT2D eigenvalue weighted by molar-refractivity contribution is 5.51. The first-order valence-corrected chi connectivity index (χ1v) is 10.8. The average molecular weight is 434 g/mol. The minimum atomic E-state index is 0.167. The molecule has 0 fully saturated rings. The molecule has 0 unspecified atom stereocenters. The number of benzene rings is 3. The van der Waals surface area contributed by atoms with Crippen LogP contribution in [0.2, 0.25) is 0 Å². The lowest BCUT2D eigenvalue weighted by Crippen LogP contribution is -2.36. The molecule has 5 heteroatoms. The van der Waals surface area contributed by atoms with E-state index in [1.54, 1.807) is 28.4 Å². The van der Waals surface area contributed by atoms with E-state index in [0.717, 1.165) is 36.1 Å². The van der Waals surface area contributed by atoms with E-state index in [-0.39, 0.29) is 12.0 Å². The summed E-state index contributed by atoms with van der Waals surface area (Å²) >= 11 is 0. The van der Waals surface area contributed by atoms with Crippen molar-refractivity contribution in [3.05, 3.63) is 82.9 Å². The van der Waals surface area contributed by atoms with Crippen molar-refractivity contribution < 1.29 is 18.9 Å². The Morgan fingerprint density at radius 3 is 2.03 bits per heavy atom. The monoisotopic (exact) mass is 433 g/mol. The standard InChI is InChI=1S/C27H31NO4/c1-18-22-15-26(32-5)25(31-4)14-21(22)17-28(16-19-9-7-6-8-10-19)27(18)20-11-12-23(29-2)24(13-20)30-3/h6-15,18,27H,16-17H2,1-5H3/t18-,27-/m0/s1. The van der Waals surface area contributed by atoms with Crippen molar-refractivity contribution in [3.8, 4) is 23.0 Å². The zero-order chi connectivity index (χ0) is 22.7. The van der Waals surface area contributed by atoms with Crippen molar-refractivity contribution in [1.82, 2.24) is 4.90 Å². The molecule has 4 rings (SSSR count). The molecule has 32 heavy (non-hydrogen) atoms. The Kier molecular flexibility index (Phi) is 6.56. The second kappa shape index (κ2) is 9.53. The first kappa shape index (κ1) is 22.0. The third-order valence-electron chi connectivity index (χ3n) is 6.35. The van der Waals surface area contributed by atoms with Gasteiger partial charge in [-0.1, -0.05) is 43.3 Å². The van der Waals surface area contributed by atoms with E-state index in [1.165, 1.54) is 22.3 Å². The van der Waals surface area contributed by atoms with Gasteiger partial charge in [-0.2, -0.15) is 0 Å². The molecule has 0 amide bonds. The highest BCUT2D eigenvalue weighted by Crippen LogP contribution is 2.47. The van der Waals surface area contributed by atoms with Gasteiger partial charge < -0.3 is 18.9 Å². The van der Waals surface area contributed by atoms with Crippen LogP contribution in [0.1, 0.15) is 41.1 Å². The summed E-state index contributed by atoms with van der Waals surface area (Å²) in [4.78, 5) is 2.52. The van der Waals surface area contributed by atoms with Gasteiger partial charge in [-0.25, -0.2) is 0 Å². The van der Waals surface area contributed by atoms with Crippen molar-refractivity contribution in [2.45, 2.75) is 32.0 Å². The van der Waals surface area contributed by atoms with Gasteiger partial charge in [0, 0.05) is 25.0 Å². The van der Waals surface area contributed by atoms with Gasteiger partial charge in [-0.3, -0.25) is 4.90 Å². The predicted octanol–water partition coefficient (Wildman–Crippen LogP) is 5.58. The first-order chi connectivity index (χ1) is 15.6. The Hall–Kier alpha value is -3.18. The highest BCUT2D eigenvalue weighted by Gasteiger charge is 2.35. The topological polar surface area (TPSA) is 40.2 Å². The van der Waals surface area contributed by atoms with Gasteiger partial charge in [0.15, 0.2) is 23.0 Å². The van der Waals surface area contributed by atoms with Gasteiger partial charge in [0.25, 0.3) is 0 Å². The molecule has 5 nitrogen and oxygen atoms in total. The summed E-state index contributed by atoms with van der Waals surface area (Å²) in [5, 5.41) is 0. The van der Waals surface area contributed by atoms with Crippen molar-refractivity contribution >= 4 is 0 Å².